The van der Waals surface area contributed by atoms with Crippen LogP contribution in [0.5, 0.6) is 0 Å². The van der Waals surface area contributed by atoms with Crippen molar-refractivity contribution in [2.45, 2.75) is 18.8 Å². The molecule has 76 valence electrons. The molecule has 2 aromatic rings. The van der Waals surface area contributed by atoms with Crippen LogP contribution in [-0.2, 0) is 0 Å². The summed E-state index contributed by atoms with van der Waals surface area (Å²) in [4.78, 5) is 4.38. The summed E-state index contributed by atoms with van der Waals surface area (Å²) in [6, 6.07) is 7.88. The average molecular weight is 265 g/mol. The van der Waals surface area contributed by atoms with Crippen LogP contribution >= 0.6 is 15.9 Å². The molecule has 15 heavy (non-hydrogen) atoms. The highest BCUT2D eigenvalue weighted by molar-refractivity contribution is 9.10. The second kappa shape index (κ2) is 3.45. The maximum absolute atomic E-state index is 5.23. The fraction of sp³-hybridized carbons (Fsp3) is 0.273. The molecule has 0 aliphatic heterocycles. The Bertz CT molecular complexity index is 491. The van der Waals surface area contributed by atoms with Crippen molar-refractivity contribution in [3.8, 4) is 11.5 Å². The highest BCUT2D eigenvalue weighted by atomic mass is 79.9. The Morgan fingerprint density at radius 1 is 1.33 bits per heavy atom. The zero-order valence-electron chi connectivity index (χ0n) is 7.98. The molecule has 1 heterocycles. The van der Waals surface area contributed by atoms with Gasteiger partial charge in [-0.1, -0.05) is 27.2 Å². The molecule has 3 rings (SSSR count). The molecule has 0 amide bonds. The van der Waals surface area contributed by atoms with E-state index in [0.29, 0.717) is 11.8 Å². The molecule has 0 saturated heterocycles. The first-order valence-electron chi connectivity index (χ1n) is 4.92. The van der Waals surface area contributed by atoms with E-state index in [1.165, 1.54) is 12.8 Å². The lowest BCUT2D eigenvalue weighted by Crippen LogP contribution is -1.82. The Morgan fingerprint density at radius 2 is 2.20 bits per heavy atom. The number of benzene rings is 1. The molecule has 1 aromatic carbocycles. The Morgan fingerprint density at radius 3 is 2.93 bits per heavy atom. The van der Waals surface area contributed by atoms with Crippen LogP contribution in [0.25, 0.3) is 11.5 Å². The molecule has 3 nitrogen and oxygen atoms in total. The lowest BCUT2D eigenvalue weighted by Gasteiger charge is -1.93. The molecular formula is C11H9BrN2O. The number of hydrogen-bond acceptors (Lipinski definition) is 3. The van der Waals surface area contributed by atoms with Crippen LogP contribution in [0.1, 0.15) is 24.6 Å². The third-order valence-electron chi connectivity index (χ3n) is 2.46. The van der Waals surface area contributed by atoms with E-state index in [2.05, 4.69) is 26.1 Å². The number of hydrogen-bond donors (Lipinski definition) is 0. The largest absolute Gasteiger partial charge is 0.334 e. The molecule has 0 N–H and O–H groups in total. The molecule has 0 spiro atoms. The number of halogens is 1. The van der Waals surface area contributed by atoms with Crippen LogP contribution in [0, 0.1) is 0 Å². The Balaban J connectivity index is 1.97. The lowest BCUT2D eigenvalue weighted by atomic mass is 10.2. The first-order valence-corrected chi connectivity index (χ1v) is 5.72. The highest BCUT2D eigenvalue weighted by Gasteiger charge is 2.28. The predicted octanol–water partition coefficient (Wildman–Crippen LogP) is 3.38. The average Bonchev–Trinajstić information content (AvgIpc) is 2.97. The van der Waals surface area contributed by atoms with Crippen molar-refractivity contribution in [3.05, 3.63) is 34.6 Å². The van der Waals surface area contributed by atoms with Crippen LogP contribution in [0.3, 0.4) is 0 Å². The fourth-order valence-electron chi connectivity index (χ4n) is 1.48. The smallest absolute Gasteiger partial charge is 0.257 e. The summed E-state index contributed by atoms with van der Waals surface area (Å²) in [5, 5.41) is 3.98. The van der Waals surface area contributed by atoms with E-state index in [1.807, 2.05) is 24.3 Å². The van der Waals surface area contributed by atoms with E-state index in [4.69, 9.17) is 4.52 Å². The molecule has 1 aromatic heterocycles. The van der Waals surface area contributed by atoms with Crippen LogP contribution in [-0.4, -0.2) is 10.1 Å². The van der Waals surface area contributed by atoms with Crippen molar-refractivity contribution in [1.82, 2.24) is 10.1 Å². The fourth-order valence-corrected chi connectivity index (χ4v) is 1.88. The maximum atomic E-state index is 5.23. The van der Waals surface area contributed by atoms with Gasteiger partial charge in [-0.15, -0.1) is 0 Å². The van der Waals surface area contributed by atoms with Crippen molar-refractivity contribution in [2.24, 2.45) is 0 Å². The predicted molar refractivity (Wildman–Crippen MR) is 59.4 cm³/mol. The van der Waals surface area contributed by atoms with E-state index in [0.717, 1.165) is 15.9 Å². The van der Waals surface area contributed by atoms with Crippen LogP contribution in [0.2, 0.25) is 0 Å². The monoisotopic (exact) mass is 264 g/mol. The lowest BCUT2D eigenvalue weighted by molar-refractivity contribution is 0.422. The van der Waals surface area contributed by atoms with Gasteiger partial charge in [-0.05, 0) is 31.0 Å². The normalized spacial score (nSPS) is 15.5. The van der Waals surface area contributed by atoms with E-state index < -0.39 is 0 Å². The van der Waals surface area contributed by atoms with Gasteiger partial charge in [0.25, 0.3) is 5.89 Å². The van der Waals surface area contributed by atoms with Crippen molar-refractivity contribution in [2.75, 3.05) is 0 Å². The minimum Gasteiger partial charge on any atom is -0.334 e. The first kappa shape index (κ1) is 9.09. The van der Waals surface area contributed by atoms with Crippen molar-refractivity contribution < 1.29 is 4.52 Å². The summed E-state index contributed by atoms with van der Waals surface area (Å²) >= 11 is 3.42. The van der Waals surface area contributed by atoms with Crippen LogP contribution < -0.4 is 0 Å². The van der Waals surface area contributed by atoms with Gasteiger partial charge in [-0.25, -0.2) is 0 Å². The molecule has 0 unspecified atom stereocenters. The quantitative estimate of drug-likeness (QED) is 0.835. The van der Waals surface area contributed by atoms with Gasteiger partial charge in [0.2, 0.25) is 0 Å². The summed E-state index contributed by atoms with van der Waals surface area (Å²) < 4.78 is 6.24. The summed E-state index contributed by atoms with van der Waals surface area (Å²) in [6.45, 7) is 0. The van der Waals surface area contributed by atoms with E-state index in [1.54, 1.807) is 0 Å². The summed E-state index contributed by atoms with van der Waals surface area (Å²) in [5.41, 5.74) is 0.962. The standard InChI is InChI=1S/C11H9BrN2O/c12-9-3-1-2-8(6-9)11-13-10(14-15-11)7-4-5-7/h1-3,6-7H,4-5H2. The third kappa shape index (κ3) is 1.81. The van der Waals surface area contributed by atoms with Gasteiger partial charge in [0.05, 0.1) is 0 Å². The van der Waals surface area contributed by atoms with E-state index in [-0.39, 0.29) is 0 Å². The SMILES string of the molecule is Brc1cccc(-c2nc(C3CC3)no2)c1. The second-order valence-electron chi connectivity index (χ2n) is 3.74. The van der Waals surface area contributed by atoms with Gasteiger partial charge in [0.15, 0.2) is 5.82 Å². The Hall–Kier alpha value is -1.16. The molecule has 1 aliphatic rings. The third-order valence-corrected chi connectivity index (χ3v) is 2.95. The Kier molecular flexibility index (Phi) is 2.09. The highest BCUT2D eigenvalue weighted by Crippen LogP contribution is 2.38. The van der Waals surface area contributed by atoms with Gasteiger partial charge in [0, 0.05) is 16.0 Å². The van der Waals surface area contributed by atoms with Gasteiger partial charge in [-0.3, -0.25) is 0 Å². The summed E-state index contributed by atoms with van der Waals surface area (Å²) in [6.07, 6.45) is 2.38. The van der Waals surface area contributed by atoms with Crippen LogP contribution in [0.15, 0.2) is 33.3 Å². The molecule has 1 aliphatic carbocycles. The van der Waals surface area contributed by atoms with Crippen molar-refractivity contribution >= 4 is 15.9 Å². The minimum absolute atomic E-state index is 0.537. The van der Waals surface area contributed by atoms with Gasteiger partial charge in [-0.2, -0.15) is 4.98 Å². The van der Waals surface area contributed by atoms with E-state index in [9.17, 15) is 0 Å². The van der Waals surface area contributed by atoms with E-state index >= 15 is 0 Å². The molecular weight excluding hydrogens is 256 g/mol. The topological polar surface area (TPSA) is 38.9 Å². The molecule has 0 atom stereocenters. The minimum atomic E-state index is 0.537. The number of aromatic nitrogens is 2. The first-order chi connectivity index (χ1) is 7.33. The van der Waals surface area contributed by atoms with Crippen LogP contribution in [0.4, 0.5) is 0 Å². The zero-order chi connectivity index (χ0) is 10.3. The maximum Gasteiger partial charge on any atom is 0.257 e. The molecule has 0 bridgehead atoms. The van der Waals surface area contributed by atoms with Gasteiger partial charge in [0.1, 0.15) is 0 Å². The Labute approximate surface area is 95.6 Å². The van der Waals surface area contributed by atoms with Crippen molar-refractivity contribution in [1.29, 1.82) is 0 Å². The second-order valence-corrected chi connectivity index (χ2v) is 4.66. The zero-order valence-corrected chi connectivity index (χ0v) is 9.57. The summed E-state index contributed by atoms with van der Waals surface area (Å²) in [7, 11) is 0. The van der Waals surface area contributed by atoms with Gasteiger partial charge >= 0.3 is 0 Å². The van der Waals surface area contributed by atoms with Crippen molar-refractivity contribution in [3.63, 3.8) is 0 Å². The summed E-state index contributed by atoms with van der Waals surface area (Å²) in [5.74, 6) is 2.00. The van der Waals surface area contributed by atoms with Gasteiger partial charge < -0.3 is 4.52 Å². The molecule has 4 heteroatoms. The molecule has 1 fully saturated rings. The number of nitrogens with zero attached hydrogens (tertiary/aromatic N) is 2. The molecule has 1 saturated carbocycles. The number of rotatable bonds is 2. The molecule has 0 radical (unpaired) electrons.